The third kappa shape index (κ3) is 3.28. The lowest BCUT2D eigenvalue weighted by Crippen LogP contribution is -2.40. The summed E-state index contributed by atoms with van der Waals surface area (Å²) in [6.45, 7) is 6.33. The van der Waals surface area contributed by atoms with Crippen molar-refractivity contribution in [2.24, 2.45) is 11.7 Å². The molecule has 0 aromatic carbocycles. The molecule has 19 heavy (non-hydrogen) atoms. The van der Waals surface area contributed by atoms with Crippen molar-refractivity contribution in [2.45, 2.75) is 39.3 Å². The van der Waals surface area contributed by atoms with Gasteiger partial charge < -0.3 is 10.6 Å². The zero-order valence-electron chi connectivity index (χ0n) is 11.5. The van der Waals surface area contributed by atoms with Crippen molar-refractivity contribution in [3.05, 3.63) is 21.6 Å². The predicted molar refractivity (Wildman–Crippen MR) is 77.8 cm³/mol. The highest BCUT2D eigenvalue weighted by Gasteiger charge is 2.20. The van der Waals surface area contributed by atoms with Gasteiger partial charge in [0.25, 0.3) is 5.56 Å². The maximum absolute atomic E-state index is 12.1. The van der Waals surface area contributed by atoms with E-state index >= 15 is 0 Å². The number of hydrogen-bond donors (Lipinski definition) is 1. The molecule has 0 atom stereocenters. The number of anilines is 1. The van der Waals surface area contributed by atoms with Crippen molar-refractivity contribution in [1.29, 1.82) is 0 Å². The summed E-state index contributed by atoms with van der Waals surface area (Å²) in [4.78, 5) is 14.2. The van der Waals surface area contributed by atoms with Crippen molar-refractivity contribution in [3.63, 3.8) is 0 Å². The Bertz CT molecular complexity index is 492. The van der Waals surface area contributed by atoms with Crippen LogP contribution in [-0.4, -0.2) is 28.9 Å². The molecule has 1 aliphatic heterocycles. The van der Waals surface area contributed by atoms with Crippen LogP contribution in [0.3, 0.4) is 0 Å². The molecule has 6 heteroatoms. The van der Waals surface area contributed by atoms with Gasteiger partial charge in [-0.05, 0) is 18.8 Å². The summed E-state index contributed by atoms with van der Waals surface area (Å²) in [5, 5.41) is 4.49. The van der Waals surface area contributed by atoms with E-state index in [1.807, 2.05) is 13.8 Å². The maximum atomic E-state index is 12.1. The van der Waals surface area contributed by atoms with Crippen LogP contribution in [0.5, 0.6) is 0 Å². The van der Waals surface area contributed by atoms with Crippen molar-refractivity contribution >= 4 is 17.3 Å². The fourth-order valence-electron chi connectivity index (χ4n) is 2.29. The molecule has 0 amide bonds. The Labute approximate surface area is 118 Å². The second kappa shape index (κ2) is 5.92. The van der Waals surface area contributed by atoms with Gasteiger partial charge in [-0.2, -0.15) is 5.10 Å². The average molecular weight is 285 g/mol. The van der Waals surface area contributed by atoms with E-state index in [1.54, 1.807) is 6.20 Å². The van der Waals surface area contributed by atoms with E-state index in [9.17, 15) is 4.79 Å². The number of nitrogens with two attached hydrogens (primary N) is 1. The van der Waals surface area contributed by atoms with Crippen LogP contribution in [0.15, 0.2) is 11.0 Å². The molecule has 1 fully saturated rings. The highest BCUT2D eigenvalue weighted by molar-refractivity contribution is 6.33. The maximum Gasteiger partial charge on any atom is 0.287 e. The van der Waals surface area contributed by atoms with Crippen molar-refractivity contribution < 1.29 is 0 Å². The molecule has 0 aliphatic carbocycles. The Hall–Kier alpha value is -1.07. The second-order valence-electron chi connectivity index (χ2n) is 5.55. The van der Waals surface area contributed by atoms with Gasteiger partial charge in [-0.25, -0.2) is 4.68 Å². The fourth-order valence-corrected chi connectivity index (χ4v) is 2.56. The van der Waals surface area contributed by atoms with Crippen molar-refractivity contribution in [1.82, 2.24) is 9.78 Å². The van der Waals surface area contributed by atoms with Crippen LogP contribution in [0.4, 0.5) is 5.69 Å². The molecule has 0 saturated carbocycles. The van der Waals surface area contributed by atoms with E-state index in [2.05, 4.69) is 10.00 Å². The molecular formula is C13H21ClN4O. The first kappa shape index (κ1) is 14.3. The van der Waals surface area contributed by atoms with Gasteiger partial charge in [0.2, 0.25) is 0 Å². The first-order valence-corrected chi connectivity index (χ1v) is 7.13. The quantitative estimate of drug-likeness (QED) is 0.913. The summed E-state index contributed by atoms with van der Waals surface area (Å²) >= 11 is 6.21. The molecule has 1 aromatic heterocycles. The molecule has 2 rings (SSSR count). The molecule has 106 valence electrons. The zero-order valence-corrected chi connectivity index (χ0v) is 12.2. The van der Waals surface area contributed by atoms with Crippen LogP contribution in [0, 0.1) is 5.92 Å². The summed E-state index contributed by atoms with van der Waals surface area (Å²) in [7, 11) is 0. The molecule has 0 radical (unpaired) electrons. The normalized spacial score (nSPS) is 17.2. The Morgan fingerprint density at radius 1 is 1.47 bits per heavy atom. The third-order valence-electron chi connectivity index (χ3n) is 3.38. The van der Waals surface area contributed by atoms with Crippen LogP contribution < -0.4 is 16.2 Å². The third-order valence-corrected chi connectivity index (χ3v) is 3.74. The van der Waals surface area contributed by atoms with E-state index in [0.717, 1.165) is 31.6 Å². The minimum atomic E-state index is -0.206. The molecule has 2 heterocycles. The molecule has 2 N–H and O–H groups in total. The molecule has 0 spiro atoms. The number of halogens is 1. The van der Waals surface area contributed by atoms with Crippen LogP contribution >= 0.6 is 11.6 Å². The number of aromatic nitrogens is 2. The number of nitrogens with zero attached hydrogens (tertiary/aromatic N) is 3. The van der Waals surface area contributed by atoms with Crippen molar-refractivity contribution in [3.8, 4) is 0 Å². The molecule has 5 nitrogen and oxygen atoms in total. The van der Waals surface area contributed by atoms with Gasteiger partial charge in [-0.15, -0.1) is 0 Å². The van der Waals surface area contributed by atoms with Crippen LogP contribution in [-0.2, 0) is 6.54 Å². The Kier molecular flexibility index (Phi) is 4.47. The lowest BCUT2D eigenvalue weighted by molar-refractivity contribution is 0.461. The van der Waals surface area contributed by atoms with Gasteiger partial charge in [-0.3, -0.25) is 4.79 Å². The van der Waals surface area contributed by atoms with Gasteiger partial charge in [0, 0.05) is 25.7 Å². The molecule has 0 bridgehead atoms. The van der Waals surface area contributed by atoms with Gasteiger partial charge in [-0.1, -0.05) is 25.4 Å². The summed E-state index contributed by atoms with van der Waals surface area (Å²) in [6.07, 6.45) is 3.54. The van der Waals surface area contributed by atoms with Crippen LogP contribution in [0.2, 0.25) is 5.02 Å². The minimum absolute atomic E-state index is 0.206. The first-order valence-electron chi connectivity index (χ1n) is 6.75. The van der Waals surface area contributed by atoms with Gasteiger partial charge in [0.1, 0.15) is 5.02 Å². The van der Waals surface area contributed by atoms with Gasteiger partial charge in [0.05, 0.1) is 11.9 Å². The second-order valence-corrected chi connectivity index (χ2v) is 5.93. The lowest BCUT2D eigenvalue weighted by Gasteiger charge is -2.32. The molecule has 1 aromatic rings. The Morgan fingerprint density at radius 2 is 2.11 bits per heavy atom. The molecule has 1 aliphatic rings. The largest absolute Gasteiger partial charge is 0.369 e. The lowest BCUT2D eigenvalue weighted by atomic mass is 10.1. The van der Waals surface area contributed by atoms with E-state index in [1.165, 1.54) is 4.68 Å². The summed E-state index contributed by atoms with van der Waals surface area (Å²) < 4.78 is 1.44. The first-order chi connectivity index (χ1) is 8.99. The van der Waals surface area contributed by atoms with E-state index in [4.69, 9.17) is 17.3 Å². The summed E-state index contributed by atoms with van der Waals surface area (Å²) in [5.41, 5.74) is 6.41. The molecule has 0 unspecified atom stereocenters. The van der Waals surface area contributed by atoms with E-state index < -0.39 is 0 Å². The summed E-state index contributed by atoms with van der Waals surface area (Å²) in [5.74, 6) is 0.361. The predicted octanol–water partition coefficient (Wildman–Crippen LogP) is 1.48. The van der Waals surface area contributed by atoms with Crippen molar-refractivity contribution in [2.75, 3.05) is 18.0 Å². The zero-order chi connectivity index (χ0) is 14.0. The minimum Gasteiger partial charge on any atom is -0.369 e. The Balaban J connectivity index is 2.23. The SMILES string of the molecule is CC(C)Cn1ncc(N2CCC(N)CC2)c(Cl)c1=O. The van der Waals surface area contributed by atoms with E-state index in [-0.39, 0.29) is 16.6 Å². The van der Waals surface area contributed by atoms with Crippen LogP contribution in [0.25, 0.3) is 0 Å². The Morgan fingerprint density at radius 3 is 2.68 bits per heavy atom. The highest BCUT2D eigenvalue weighted by Crippen LogP contribution is 2.24. The van der Waals surface area contributed by atoms with E-state index in [0.29, 0.717) is 12.5 Å². The summed E-state index contributed by atoms with van der Waals surface area (Å²) in [6, 6.07) is 0.254. The standard InChI is InChI=1S/C13H21ClN4O/c1-9(2)8-18-13(19)12(14)11(7-16-18)17-5-3-10(15)4-6-17/h7,9-10H,3-6,8,15H2,1-2H3. The average Bonchev–Trinajstić information content (AvgIpc) is 2.36. The molecule has 1 saturated heterocycles. The number of rotatable bonds is 3. The smallest absolute Gasteiger partial charge is 0.287 e. The molecular weight excluding hydrogens is 264 g/mol. The number of piperidine rings is 1. The number of hydrogen-bond acceptors (Lipinski definition) is 4. The van der Waals surface area contributed by atoms with Gasteiger partial charge in [0.15, 0.2) is 0 Å². The monoisotopic (exact) mass is 284 g/mol. The highest BCUT2D eigenvalue weighted by atomic mass is 35.5. The fraction of sp³-hybridized carbons (Fsp3) is 0.692. The van der Waals surface area contributed by atoms with Crippen LogP contribution in [0.1, 0.15) is 26.7 Å². The van der Waals surface area contributed by atoms with Gasteiger partial charge >= 0.3 is 0 Å². The topological polar surface area (TPSA) is 64.2 Å².